The summed E-state index contributed by atoms with van der Waals surface area (Å²) >= 11 is 0. The van der Waals surface area contributed by atoms with Crippen molar-refractivity contribution >= 4 is 11.8 Å². The summed E-state index contributed by atoms with van der Waals surface area (Å²) in [4.78, 5) is 24.0. The second-order valence-corrected chi connectivity index (χ2v) is 4.35. The third-order valence-electron chi connectivity index (χ3n) is 2.88. The first-order chi connectivity index (χ1) is 7.06. The van der Waals surface area contributed by atoms with Crippen LogP contribution in [0.5, 0.6) is 0 Å². The predicted molar refractivity (Wildman–Crippen MR) is 58.3 cm³/mol. The molecule has 2 amide bonds. The first kappa shape index (κ1) is 12.2. The van der Waals surface area contributed by atoms with Crippen molar-refractivity contribution in [3.8, 4) is 0 Å². The van der Waals surface area contributed by atoms with Crippen molar-refractivity contribution < 1.29 is 9.59 Å². The number of nitrogens with zero attached hydrogens (tertiary/aromatic N) is 1. The number of nitrogens with one attached hydrogen (secondary N) is 1. The topological polar surface area (TPSA) is 49.4 Å². The summed E-state index contributed by atoms with van der Waals surface area (Å²) in [7, 11) is 1.54. The Morgan fingerprint density at radius 2 is 2.20 bits per heavy atom. The summed E-state index contributed by atoms with van der Waals surface area (Å²) in [6, 6.07) is -0.290. The van der Waals surface area contributed by atoms with Gasteiger partial charge in [-0.1, -0.05) is 20.3 Å². The molecule has 0 aliphatic carbocycles. The van der Waals surface area contributed by atoms with Crippen LogP contribution in [0.2, 0.25) is 0 Å². The van der Waals surface area contributed by atoms with Gasteiger partial charge in [0.1, 0.15) is 0 Å². The molecule has 1 rings (SSSR count). The third kappa shape index (κ3) is 3.02. The first-order valence-corrected chi connectivity index (χ1v) is 5.60. The fourth-order valence-electron chi connectivity index (χ4n) is 1.85. The number of likely N-dealkylation sites (tertiary alicyclic amines) is 1. The molecule has 4 nitrogen and oxygen atoms in total. The molecule has 0 spiro atoms. The van der Waals surface area contributed by atoms with Crippen LogP contribution in [0.15, 0.2) is 0 Å². The van der Waals surface area contributed by atoms with Crippen LogP contribution in [0.3, 0.4) is 0 Å². The van der Waals surface area contributed by atoms with E-state index in [-0.39, 0.29) is 17.9 Å². The quantitative estimate of drug-likeness (QED) is 0.685. The Morgan fingerprint density at radius 1 is 1.53 bits per heavy atom. The Labute approximate surface area is 91.0 Å². The van der Waals surface area contributed by atoms with Gasteiger partial charge in [-0.05, 0) is 18.9 Å². The molecule has 2 unspecified atom stereocenters. The number of likely N-dealkylation sites (N-methyl/N-ethyl adjacent to an activating group) is 1. The van der Waals surface area contributed by atoms with Gasteiger partial charge < -0.3 is 5.32 Å². The molecule has 1 heterocycles. The lowest BCUT2D eigenvalue weighted by Crippen LogP contribution is -2.39. The van der Waals surface area contributed by atoms with Crippen molar-refractivity contribution in [3.05, 3.63) is 0 Å². The zero-order chi connectivity index (χ0) is 11.4. The normalized spacial score (nSPS) is 23.7. The minimum atomic E-state index is -0.290. The lowest BCUT2D eigenvalue weighted by atomic mass is 10.1. The van der Waals surface area contributed by atoms with Gasteiger partial charge in [0, 0.05) is 7.05 Å². The smallest absolute Gasteiger partial charge is 0.246 e. The number of hydrogen-bond acceptors (Lipinski definition) is 3. The van der Waals surface area contributed by atoms with Crippen LogP contribution in [-0.4, -0.2) is 36.3 Å². The van der Waals surface area contributed by atoms with E-state index < -0.39 is 0 Å². The highest BCUT2D eigenvalue weighted by Gasteiger charge is 2.35. The van der Waals surface area contributed by atoms with Crippen LogP contribution in [0.4, 0.5) is 0 Å². The predicted octanol–water partition coefficient (Wildman–Crippen LogP) is 0.769. The summed E-state index contributed by atoms with van der Waals surface area (Å²) in [6.45, 7) is 5.11. The number of rotatable bonds is 5. The van der Waals surface area contributed by atoms with Gasteiger partial charge in [-0.25, -0.2) is 0 Å². The van der Waals surface area contributed by atoms with Crippen molar-refractivity contribution in [2.75, 3.05) is 13.6 Å². The number of imide groups is 1. The van der Waals surface area contributed by atoms with Gasteiger partial charge in [-0.15, -0.1) is 0 Å². The fourth-order valence-corrected chi connectivity index (χ4v) is 1.85. The van der Waals surface area contributed by atoms with Crippen molar-refractivity contribution in [1.29, 1.82) is 0 Å². The maximum absolute atomic E-state index is 11.5. The van der Waals surface area contributed by atoms with Crippen molar-refractivity contribution in [2.24, 2.45) is 5.92 Å². The fraction of sp³-hybridized carbons (Fsp3) is 0.818. The molecule has 0 radical (unpaired) electrons. The Kier molecular flexibility index (Phi) is 4.27. The van der Waals surface area contributed by atoms with Crippen LogP contribution in [0.1, 0.15) is 33.1 Å². The van der Waals surface area contributed by atoms with Crippen LogP contribution in [0, 0.1) is 5.92 Å². The molecule has 0 aromatic carbocycles. The van der Waals surface area contributed by atoms with E-state index in [4.69, 9.17) is 0 Å². The summed E-state index contributed by atoms with van der Waals surface area (Å²) in [5.74, 6) is 0.383. The molecule has 4 heteroatoms. The van der Waals surface area contributed by atoms with E-state index in [2.05, 4.69) is 19.2 Å². The van der Waals surface area contributed by atoms with Gasteiger partial charge in [0.2, 0.25) is 11.8 Å². The molecular weight excluding hydrogens is 192 g/mol. The molecule has 0 aromatic rings. The van der Waals surface area contributed by atoms with E-state index >= 15 is 0 Å². The van der Waals surface area contributed by atoms with Crippen molar-refractivity contribution in [1.82, 2.24) is 10.2 Å². The Balaban J connectivity index is 2.34. The molecule has 15 heavy (non-hydrogen) atoms. The van der Waals surface area contributed by atoms with Gasteiger partial charge in [-0.3, -0.25) is 14.5 Å². The Morgan fingerprint density at radius 3 is 2.67 bits per heavy atom. The van der Waals surface area contributed by atoms with Gasteiger partial charge in [0.15, 0.2) is 0 Å². The molecule has 0 aromatic heterocycles. The Hall–Kier alpha value is -0.900. The zero-order valence-corrected chi connectivity index (χ0v) is 9.75. The molecular formula is C11H20N2O2. The summed E-state index contributed by atoms with van der Waals surface area (Å²) in [5.41, 5.74) is 0. The minimum Gasteiger partial charge on any atom is -0.305 e. The first-order valence-electron chi connectivity index (χ1n) is 5.60. The van der Waals surface area contributed by atoms with E-state index in [1.165, 1.54) is 4.90 Å². The standard InChI is InChI=1S/C11H20N2O2/c1-4-5-8(2)7-12-9-6-10(14)13(3)11(9)15/h8-9,12H,4-7H2,1-3H3. The molecule has 86 valence electrons. The zero-order valence-electron chi connectivity index (χ0n) is 9.75. The highest BCUT2D eigenvalue weighted by molar-refractivity contribution is 6.05. The second-order valence-electron chi connectivity index (χ2n) is 4.35. The third-order valence-corrected chi connectivity index (χ3v) is 2.88. The highest BCUT2D eigenvalue weighted by Crippen LogP contribution is 2.11. The van der Waals surface area contributed by atoms with E-state index in [0.717, 1.165) is 19.4 Å². The molecule has 2 atom stereocenters. The minimum absolute atomic E-state index is 0.0827. The SMILES string of the molecule is CCCC(C)CNC1CC(=O)N(C)C1=O. The van der Waals surface area contributed by atoms with E-state index in [1.807, 2.05) is 0 Å². The average molecular weight is 212 g/mol. The molecule has 1 aliphatic rings. The van der Waals surface area contributed by atoms with Gasteiger partial charge >= 0.3 is 0 Å². The maximum Gasteiger partial charge on any atom is 0.246 e. The van der Waals surface area contributed by atoms with Gasteiger partial charge in [0.05, 0.1) is 12.5 Å². The Bertz CT molecular complexity index is 253. The lowest BCUT2D eigenvalue weighted by Gasteiger charge is -2.14. The lowest BCUT2D eigenvalue weighted by molar-refractivity contribution is -0.137. The average Bonchev–Trinajstić information content (AvgIpc) is 2.43. The molecule has 1 saturated heterocycles. The van der Waals surface area contributed by atoms with Crippen molar-refractivity contribution in [3.63, 3.8) is 0 Å². The van der Waals surface area contributed by atoms with E-state index in [1.54, 1.807) is 7.05 Å². The summed E-state index contributed by atoms with van der Waals surface area (Å²) in [5, 5.41) is 3.16. The molecule has 1 fully saturated rings. The maximum atomic E-state index is 11.5. The van der Waals surface area contributed by atoms with E-state index in [0.29, 0.717) is 12.3 Å². The molecule has 1 N–H and O–H groups in total. The van der Waals surface area contributed by atoms with Crippen LogP contribution in [-0.2, 0) is 9.59 Å². The second kappa shape index (κ2) is 5.26. The van der Waals surface area contributed by atoms with Crippen LogP contribution < -0.4 is 5.32 Å². The summed E-state index contributed by atoms with van der Waals surface area (Å²) < 4.78 is 0. The highest BCUT2D eigenvalue weighted by atomic mass is 16.2. The van der Waals surface area contributed by atoms with Crippen LogP contribution >= 0.6 is 0 Å². The number of hydrogen-bond donors (Lipinski definition) is 1. The molecule has 1 aliphatic heterocycles. The monoisotopic (exact) mass is 212 g/mol. The van der Waals surface area contributed by atoms with Gasteiger partial charge in [-0.2, -0.15) is 0 Å². The van der Waals surface area contributed by atoms with Crippen molar-refractivity contribution in [2.45, 2.75) is 39.2 Å². The largest absolute Gasteiger partial charge is 0.305 e. The van der Waals surface area contributed by atoms with Crippen LogP contribution in [0.25, 0.3) is 0 Å². The number of carbonyl (C=O) groups excluding carboxylic acids is 2. The molecule has 0 bridgehead atoms. The van der Waals surface area contributed by atoms with Gasteiger partial charge in [0.25, 0.3) is 0 Å². The summed E-state index contributed by atoms with van der Waals surface area (Å²) in [6.07, 6.45) is 2.62. The molecule has 0 saturated carbocycles. The van der Waals surface area contributed by atoms with E-state index in [9.17, 15) is 9.59 Å². The number of carbonyl (C=O) groups is 2. The number of amides is 2.